The van der Waals surface area contributed by atoms with Crippen molar-refractivity contribution in [3.05, 3.63) is 54.1 Å². The van der Waals surface area contributed by atoms with Gasteiger partial charge in [-0.05, 0) is 37.1 Å². The average molecular weight is 268 g/mol. The lowest BCUT2D eigenvalue weighted by Gasteiger charge is -2.05. The largest absolute Gasteiger partial charge is 0.330 e. The molecule has 2 aromatic carbocycles. The highest BCUT2D eigenvalue weighted by molar-refractivity contribution is 7.21. The Labute approximate surface area is 116 Å². The van der Waals surface area contributed by atoms with Gasteiger partial charge >= 0.3 is 0 Å². The molecule has 0 aliphatic carbocycles. The van der Waals surface area contributed by atoms with E-state index >= 15 is 0 Å². The molecule has 3 heteroatoms. The minimum atomic E-state index is 0.730. The predicted octanol–water partition coefficient (Wildman–Crippen LogP) is 3.85. The number of rotatable bonds is 4. The molecule has 96 valence electrons. The Kier molecular flexibility index (Phi) is 3.58. The first kappa shape index (κ1) is 12.3. The molecule has 3 aromatic rings. The summed E-state index contributed by atoms with van der Waals surface area (Å²) in [6, 6.07) is 16.8. The molecule has 0 fully saturated rings. The maximum Gasteiger partial charge on any atom is 0.124 e. The summed E-state index contributed by atoms with van der Waals surface area (Å²) in [5.74, 6) is 0. The highest BCUT2D eigenvalue weighted by atomic mass is 32.1. The zero-order chi connectivity index (χ0) is 13.1. The molecule has 0 aliphatic heterocycles. The monoisotopic (exact) mass is 268 g/mol. The molecule has 0 radical (unpaired) electrons. The molecule has 0 aliphatic rings. The molecule has 0 atom stereocenters. The number of nitrogens with two attached hydrogens (primary N) is 1. The van der Waals surface area contributed by atoms with Gasteiger partial charge < -0.3 is 5.73 Å². The standard InChI is InChI=1S/C16H16N2S/c17-11-5-7-12-6-1-2-8-13(12)16-18-14-9-3-4-10-15(14)19-16/h1-4,6,8-10H,5,7,11,17H2. The van der Waals surface area contributed by atoms with Crippen molar-refractivity contribution in [2.45, 2.75) is 12.8 Å². The molecule has 0 unspecified atom stereocenters. The van der Waals surface area contributed by atoms with E-state index < -0.39 is 0 Å². The summed E-state index contributed by atoms with van der Waals surface area (Å²) in [6.07, 6.45) is 2.03. The first-order valence-electron chi connectivity index (χ1n) is 6.52. The van der Waals surface area contributed by atoms with E-state index in [0.717, 1.165) is 29.9 Å². The maximum atomic E-state index is 5.61. The van der Waals surface area contributed by atoms with Crippen LogP contribution in [0.2, 0.25) is 0 Å². The lowest BCUT2D eigenvalue weighted by molar-refractivity contribution is 0.834. The summed E-state index contributed by atoms with van der Waals surface area (Å²) in [6.45, 7) is 0.730. The molecule has 0 saturated heterocycles. The summed E-state index contributed by atoms with van der Waals surface area (Å²) in [4.78, 5) is 4.74. The van der Waals surface area contributed by atoms with Crippen LogP contribution in [0, 0.1) is 0 Å². The van der Waals surface area contributed by atoms with Gasteiger partial charge in [-0.15, -0.1) is 11.3 Å². The molecule has 2 nitrogen and oxygen atoms in total. The van der Waals surface area contributed by atoms with Gasteiger partial charge in [-0.2, -0.15) is 0 Å². The molecule has 1 aromatic heterocycles. The number of para-hydroxylation sites is 1. The maximum absolute atomic E-state index is 5.61. The normalized spacial score (nSPS) is 11.0. The Bertz CT molecular complexity index is 655. The van der Waals surface area contributed by atoms with Crippen molar-refractivity contribution in [3.8, 4) is 10.6 Å². The van der Waals surface area contributed by atoms with Gasteiger partial charge in [-0.1, -0.05) is 36.4 Å². The van der Waals surface area contributed by atoms with Crippen molar-refractivity contribution in [3.63, 3.8) is 0 Å². The number of fused-ring (bicyclic) bond motifs is 1. The second kappa shape index (κ2) is 5.51. The zero-order valence-electron chi connectivity index (χ0n) is 10.7. The summed E-state index contributed by atoms with van der Waals surface area (Å²) in [7, 11) is 0. The van der Waals surface area contributed by atoms with E-state index in [-0.39, 0.29) is 0 Å². The van der Waals surface area contributed by atoms with Gasteiger partial charge in [0.2, 0.25) is 0 Å². The van der Waals surface area contributed by atoms with Crippen molar-refractivity contribution >= 4 is 21.6 Å². The Balaban J connectivity index is 2.05. The number of benzene rings is 2. The summed E-state index contributed by atoms with van der Waals surface area (Å²) in [5, 5.41) is 1.11. The second-order valence-corrected chi connectivity index (χ2v) is 5.57. The number of hydrogen-bond acceptors (Lipinski definition) is 3. The average Bonchev–Trinajstić information content (AvgIpc) is 2.89. The minimum absolute atomic E-state index is 0.730. The van der Waals surface area contributed by atoms with Gasteiger partial charge in [-0.25, -0.2) is 4.98 Å². The molecule has 3 rings (SSSR count). The van der Waals surface area contributed by atoms with Crippen molar-refractivity contribution < 1.29 is 0 Å². The lowest BCUT2D eigenvalue weighted by Crippen LogP contribution is -2.01. The van der Waals surface area contributed by atoms with Gasteiger partial charge in [0.25, 0.3) is 0 Å². The third-order valence-electron chi connectivity index (χ3n) is 3.19. The SMILES string of the molecule is NCCCc1ccccc1-c1nc2ccccc2s1. The number of nitrogens with zero attached hydrogens (tertiary/aromatic N) is 1. The molecule has 0 spiro atoms. The zero-order valence-corrected chi connectivity index (χ0v) is 11.5. The van der Waals surface area contributed by atoms with Gasteiger partial charge in [0.1, 0.15) is 5.01 Å². The Hall–Kier alpha value is -1.71. The first-order valence-corrected chi connectivity index (χ1v) is 7.34. The summed E-state index contributed by atoms with van der Waals surface area (Å²) >= 11 is 1.76. The van der Waals surface area contributed by atoms with Crippen LogP contribution in [-0.4, -0.2) is 11.5 Å². The van der Waals surface area contributed by atoms with E-state index in [1.54, 1.807) is 11.3 Å². The van der Waals surface area contributed by atoms with E-state index in [0.29, 0.717) is 0 Å². The van der Waals surface area contributed by atoms with E-state index in [1.165, 1.54) is 15.8 Å². The number of aromatic nitrogens is 1. The van der Waals surface area contributed by atoms with Gasteiger partial charge in [0, 0.05) is 5.56 Å². The van der Waals surface area contributed by atoms with E-state index in [9.17, 15) is 0 Å². The van der Waals surface area contributed by atoms with Crippen molar-refractivity contribution in [2.75, 3.05) is 6.54 Å². The van der Waals surface area contributed by atoms with Crippen molar-refractivity contribution in [1.29, 1.82) is 0 Å². The van der Waals surface area contributed by atoms with Crippen molar-refractivity contribution in [1.82, 2.24) is 4.98 Å². The predicted molar refractivity (Wildman–Crippen MR) is 82.4 cm³/mol. The second-order valence-electron chi connectivity index (χ2n) is 4.54. The minimum Gasteiger partial charge on any atom is -0.330 e. The van der Waals surface area contributed by atoms with Crippen LogP contribution < -0.4 is 5.73 Å². The summed E-state index contributed by atoms with van der Waals surface area (Å²) < 4.78 is 1.24. The fraction of sp³-hybridized carbons (Fsp3) is 0.188. The van der Waals surface area contributed by atoms with Crippen LogP contribution >= 0.6 is 11.3 Å². The molecule has 19 heavy (non-hydrogen) atoms. The highest BCUT2D eigenvalue weighted by Gasteiger charge is 2.09. The van der Waals surface area contributed by atoms with Crippen LogP contribution in [0.5, 0.6) is 0 Å². The molecule has 0 amide bonds. The van der Waals surface area contributed by atoms with Crippen LogP contribution in [0.4, 0.5) is 0 Å². The number of hydrogen-bond donors (Lipinski definition) is 1. The smallest absolute Gasteiger partial charge is 0.124 e. The van der Waals surface area contributed by atoms with Crippen LogP contribution in [0.15, 0.2) is 48.5 Å². The fourth-order valence-corrected chi connectivity index (χ4v) is 3.25. The van der Waals surface area contributed by atoms with E-state index in [1.807, 2.05) is 6.07 Å². The Morgan fingerprint density at radius 1 is 1.00 bits per heavy atom. The topological polar surface area (TPSA) is 38.9 Å². The fourth-order valence-electron chi connectivity index (χ4n) is 2.23. The number of aryl methyl sites for hydroxylation is 1. The molecule has 0 bridgehead atoms. The molecular weight excluding hydrogens is 252 g/mol. The quantitative estimate of drug-likeness (QED) is 0.780. The molecule has 1 heterocycles. The molecule has 0 saturated carbocycles. The Morgan fingerprint density at radius 2 is 1.79 bits per heavy atom. The van der Waals surface area contributed by atoms with E-state index in [2.05, 4.69) is 42.5 Å². The lowest BCUT2D eigenvalue weighted by atomic mass is 10.0. The van der Waals surface area contributed by atoms with Crippen LogP contribution in [0.1, 0.15) is 12.0 Å². The number of thiazole rings is 1. The van der Waals surface area contributed by atoms with Crippen LogP contribution in [-0.2, 0) is 6.42 Å². The third-order valence-corrected chi connectivity index (χ3v) is 4.26. The molecule has 2 N–H and O–H groups in total. The van der Waals surface area contributed by atoms with Gasteiger partial charge in [0.05, 0.1) is 10.2 Å². The molecular formula is C16H16N2S. The van der Waals surface area contributed by atoms with Crippen molar-refractivity contribution in [2.24, 2.45) is 5.73 Å². The van der Waals surface area contributed by atoms with E-state index in [4.69, 9.17) is 10.7 Å². The van der Waals surface area contributed by atoms with Gasteiger partial charge in [0.15, 0.2) is 0 Å². The highest BCUT2D eigenvalue weighted by Crippen LogP contribution is 2.32. The first-order chi connectivity index (χ1) is 9.38. The van der Waals surface area contributed by atoms with Crippen LogP contribution in [0.25, 0.3) is 20.8 Å². The summed E-state index contributed by atoms with van der Waals surface area (Å²) in [5.41, 5.74) is 9.28. The van der Waals surface area contributed by atoms with Crippen LogP contribution in [0.3, 0.4) is 0 Å². The third kappa shape index (κ3) is 2.53. The Morgan fingerprint density at radius 3 is 2.63 bits per heavy atom. The van der Waals surface area contributed by atoms with Gasteiger partial charge in [-0.3, -0.25) is 0 Å².